The summed E-state index contributed by atoms with van der Waals surface area (Å²) in [7, 11) is 0. The smallest absolute Gasteiger partial charge is 0.184 e. The maximum absolute atomic E-state index is 5.16. The van der Waals surface area contributed by atoms with Gasteiger partial charge >= 0.3 is 0 Å². The van der Waals surface area contributed by atoms with E-state index in [1.165, 1.54) is 11.1 Å². The first kappa shape index (κ1) is 21.4. The largest absolute Gasteiger partial charge is 0.375 e. The van der Waals surface area contributed by atoms with Gasteiger partial charge in [-0.3, -0.25) is 5.43 Å². The Balaban J connectivity index is 0.000000409. The van der Waals surface area contributed by atoms with Crippen molar-refractivity contribution < 1.29 is 19.5 Å². The van der Waals surface area contributed by atoms with Gasteiger partial charge in [0.2, 0.25) is 0 Å². The van der Waals surface area contributed by atoms with Gasteiger partial charge in [0, 0.05) is 19.5 Å². The fraction of sp³-hybridized carbons (Fsp3) is 0.222. The van der Waals surface area contributed by atoms with Crippen LogP contribution >= 0.6 is 12.2 Å². The Morgan fingerprint density at radius 3 is 2.13 bits per heavy atom. The van der Waals surface area contributed by atoms with Crippen molar-refractivity contribution in [2.75, 3.05) is 0 Å². The molecular weight excluding hydrogens is 391 g/mol. The number of hydrazone groups is 1. The average Bonchev–Trinajstić information content (AvgIpc) is 2.49. The SMILES string of the molecule is Cc1ccccc1C(C)C.NC(=S)NN=Cc1ccccc1.[Ru]. The molecule has 0 aliphatic carbocycles. The molecule has 3 nitrogen and oxygen atoms in total. The van der Waals surface area contributed by atoms with E-state index >= 15 is 0 Å². The van der Waals surface area contributed by atoms with Crippen molar-refractivity contribution in [1.82, 2.24) is 5.43 Å². The van der Waals surface area contributed by atoms with Crippen LogP contribution in [0.4, 0.5) is 0 Å². The number of nitrogens with one attached hydrogen (secondary N) is 1. The zero-order valence-electron chi connectivity index (χ0n) is 13.6. The second kappa shape index (κ2) is 11.9. The van der Waals surface area contributed by atoms with Crippen LogP contribution in [-0.4, -0.2) is 11.3 Å². The molecule has 0 amide bonds. The number of aryl methyl sites for hydroxylation is 1. The van der Waals surface area contributed by atoms with Gasteiger partial charge in [-0.1, -0.05) is 68.4 Å². The van der Waals surface area contributed by atoms with E-state index in [0.29, 0.717) is 5.92 Å². The predicted molar refractivity (Wildman–Crippen MR) is 99.2 cm³/mol. The zero-order valence-corrected chi connectivity index (χ0v) is 16.2. The van der Waals surface area contributed by atoms with Gasteiger partial charge in [-0.15, -0.1) is 0 Å². The van der Waals surface area contributed by atoms with Gasteiger partial charge in [0.1, 0.15) is 0 Å². The van der Waals surface area contributed by atoms with Crippen LogP contribution in [0, 0.1) is 6.92 Å². The molecule has 124 valence electrons. The summed E-state index contributed by atoms with van der Waals surface area (Å²) in [6.07, 6.45) is 1.65. The summed E-state index contributed by atoms with van der Waals surface area (Å²) in [5.41, 5.74) is 11.5. The normalized spacial score (nSPS) is 9.74. The summed E-state index contributed by atoms with van der Waals surface area (Å²) in [6.45, 7) is 6.61. The van der Waals surface area contributed by atoms with Crippen molar-refractivity contribution in [3.8, 4) is 0 Å². The summed E-state index contributed by atoms with van der Waals surface area (Å²) < 4.78 is 0. The number of benzene rings is 2. The molecule has 0 unspecified atom stereocenters. The van der Waals surface area contributed by atoms with E-state index in [9.17, 15) is 0 Å². The number of rotatable bonds is 3. The van der Waals surface area contributed by atoms with Crippen LogP contribution in [0.2, 0.25) is 0 Å². The molecule has 0 heterocycles. The van der Waals surface area contributed by atoms with Crippen LogP contribution < -0.4 is 11.2 Å². The number of hydrogen-bond acceptors (Lipinski definition) is 2. The van der Waals surface area contributed by atoms with Gasteiger partial charge in [0.15, 0.2) is 5.11 Å². The van der Waals surface area contributed by atoms with Crippen molar-refractivity contribution in [3.63, 3.8) is 0 Å². The second-order valence-electron chi connectivity index (χ2n) is 5.16. The van der Waals surface area contributed by atoms with Crippen LogP contribution in [0.25, 0.3) is 0 Å². The molecule has 23 heavy (non-hydrogen) atoms. The number of nitrogens with two attached hydrogens (primary N) is 1. The van der Waals surface area contributed by atoms with E-state index in [2.05, 4.69) is 67.8 Å². The van der Waals surface area contributed by atoms with Crippen molar-refractivity contribution in [2.24, 2.45) is 10.8 Å². The molecule has 0 fully saturated rings. The molecular formula is C18H23N3RuS. The first-order valence-corrected chi connectivity index (χ1v) is 7.60. The Bertz CT molecular complexity index is 613. The summed E-state index contributed by atoms with van der Waals surface area (Å²) in [4.78, 5) is 0. The van der Waals surface area contributed by atoms with Crippen molar-refractivity contribution in [2.45, 2.75) is 26.7 Å². The topological polar surface area (TPSA) is 50.4 Å². The molecule has 2 rings (SSSR count). The minimum absolute atomic E-state index is 0. The van der Waals surface area contributed by atoms with E-state index in [1.807, 2.05) is 30.3 Å². The van der Waals surface area contributed by atoms with E-state index in [0.717, 1.165) is 5.56 Å². The Morgan fingerprint density at radius 2 is 1.65 bits per heavy atom. The molecule has 2 aromatic carbocycles. The fourth-order valence-corrected chi connectivity index (χ4v) is 2.00. The minimum Gasteiger partial charge on any atom is -0.375 e. The Hall–Kier alpha value is -1.58. The van der Waals surface area contributed by atoms with Gasteiger partial charge in [-0.2, -0.15) is 5.10 Å². The standard InChI is InChI=1S/C10H14.C8H9N3S.Ru/c1-8(2)10-7-5-4-6-9(10)3;9-8(12)11-10-6-7-4-2-1-3-5-7;/h4-8H,1-3H3;1-6H,(H3,9,11,12);. The molecule has 0 aromatic heterocycles. The molecule has 0 aliphatic rings. The molecule has 2 aromatic rings. The van der Waals surface area contributed by atoms with Crippen LogP contribution in [0.3, 0.4) is 0 Å². The summed E-state index contributed by atoms with van der Waals surface area (Å²) >= 11 is 4.56. The quantitative estimate of drug-likeness (QED) is 0.346. The Labute approximate surface area is 157 Å². The molecule has 0 atom stereocenters. The minimum atomic E-state index is 0. The summed E-state index contributed by atoms with van der Waals surface area (Å²) in [6, 6.07) is 18.2. The van der Waals surface area contributed by atoms with Gasteiger partial charge in [-0.25, -0.2) is 0 Å². The first-order valence-electron chi connectivity index (χ1n) is 7.19. The van der Waals surface area contributed by atoms with E-state index in [-0.39, 0.29) is 24.6 Å². The number of thiocarbonyl (C=S) groups is 1. The van der Waals surface area contributed by atoms with Gasteiger partial charge in [0.05, 0.1) is 6.21 Å². The third-order valence-electron chi connectivity index (χ3n) is 3.00. The molecule has 0 bridgehead atoms. The molecule has 5 heteroatoms. The van der Waals surface area contributed by atoms with Crippen LogP contribution in [0.15, 0.2) is 59.7 Å². The molecule has 0 saturated carbocycles. The van der Waals surface area contributed by atoms with Crippen molar-refractivity contribution in [3.05, 3.63) is 71.3 Å². The van der Waals surface area contributed by atoms with E-state index in [4.69, 9.17) is 5.73 Å². The maximum Gasteiger partial charge on any atom is 0.184 e. The Morgan fingerprint density at radius 1 is 1.09 bits per heavy atom. The predicted octanol–water partition coefficient (Wildman–Crippen LogP) is 3.97. The van der Waals surface area contributed by atoms with Crippen LogP contribution in [0.1, 0.15) is 36.5 Å². The summed E-state index contributed by atoms with van der Waals surface area (Å²) in [5, 5.41) is 3.97. The zero-order chi connectivity index (χ0) is 16.4. The molecule has 0 aliphatic heterocycles. The van der Waals surface area contributed by atoms with E-state index in [1.54, 1.807) is 6.21 Å². The summed E-state index contributed by atoms with van der Waals surface area (Å²) in [5.74, 6) is 0.654. The molecule has 0 saturated heterocycles. The van der Waals surface area contributed by atoms with Gasteiger partial charge in [-0.05, 0) is 41.7 Å². The third-order valence-corrected chi connectivity index (χ3v) is 3.09. The average molecular weight is 415 g/mol. The molecule has 0 spiro atoms. The monoisotopic (exact) mass is 415 g/mol. The van der Waals surface area contributed by atoms with Crippen molar-refractivity contribution >= 4 is 23.5 Å². The second-order valence-corrected chi connectivity index (χ2v) is 5.60. The van der Waals surface area contributed by atoms with Crippen LogP contribution in [-0.2, 0) is 19.5 Å². The van der Waals surface area contributed by atoms with E-state index < -0.39 is 0 Å². The number of hydrogen-bond donors (Lipinski definition) is 2. The van der Waals surface area contributed by atoms with Crippen LogP contribution in [0.5, 0.6) is 0 Å². The molecule has 0 radical (unpaired) electrons. The Kier molecular flexibility index (Phi) is 11.1. The number of nitrogens with zero attached hydrogens (tertiary/aromatic N) is 1. The van der Waals surface area contributed by atoms with Crippen molar-refractivity contribution in [1.29, 1.82) is 0 Å². The third kappa shape index (κ3) is 9.22. The molecule has 3 N–H and O–H groups in total. The van der Waals surface area contributed by atoms with Gasteiger partial charge in [0.25, 0.3) is 0 Å². The maximum atomic E-state index is 5.16. The fourth-order valence-electron chi connectivity index (χ4n) is 1.94. The first-order chi connectivity index (χ1) is 10.5. The van der Waals surface area contributed by atoms with Gasteiger partial charge < -0.3 is 5.73 Å².